The van der Waals surface area contributed by atoms with Crippen LogP contribution >= 0.6 is 0 Å². The van der Waals surface area contributed by atoms with Crippen molar-refractivity contribution in [3.8, 4) is 27.9 Å². The summed E-state index contributed by atoms with van der Waals surface area (Å²) in [4.78, 5) is 0. The minimum Gasteiger partial charge on any atom is -0.309 e. The highest BCUT2D eigenvalue weighted by atomic mass is 15.0. The Morgan fingerprint density at radius 2 is 0.717 bits per heavy atom. The fourth-order valence-electron chi connectivity index (χ4n) is 10.6. The Bertz CT molecular complexity index is 3220. The van der Waals surface area contributed by atoms with Crippen molar-refractivity contribution in [2.45, 2.75) is 38.5 Å². The van der Waals surface area contributed by atoms with Crippen LogP contribution < -0.4 is 0 Å². The highest BCUT2D eigenvalue weighted by Crippen LogP contribution is 2.59. The van der Waals surface area contributed by atoms with Gasteiger partial charge in [0.05, 0.1) is 16.7 Å². The van der Waals surface area contributed by atoms with E-state index < -0.39 is 0 Å². The maximum absolute atomic E-state index is 2.58. The average molecular weight is 676 g/mol. The van der Waals surface area contributed by atoms with Gasteiger partial charge in [0.2, 0.25) is 0 Å². The van der Waals surface area contributed by atoms with E-state index in [4.69, 9.17) is 0 Å². The first kappa shape index (κ1) is 29.4. The Labute approximate surface area is 308 Å². The van der Waals surface area contributed by atoms with Crippen LogP contribution in [0.15, 0.2) is 152 Å². The van der Waals surface area contributed by atoms with E-state index in [1.165, 1.54) is 115 Å². The van der Waals surface area contributed by atoms with Crippen LogP contribution in [0, 0.1) is 0 Å². The molecular weight excluding hydrogens is 639 g/mol. The lowest BCUT2D eigenvalue weighted by atomic mass is 9.79. The lowest BCUT2D eigenvalue weighted by Crippen LogP contribution is -2.17. The average Bonchev–Trinajstić information content (AvgIpc) is 3.73. The van der Waals surface area contributed by atoms with Crippen molar-refractivity contribution < 1.29 is 0 Å². The van der Waals surface area contributed by atoms with Crippen molar-refractivity contribution in [3.05, 3.63) is 174 Å². The number of nitrogens with zero attached hydrogens (tertiary/aromatic N) is 1. The van der Waals surface area contributed by atoms with Crippen LogP contribution in [0.3, 0.4) is 0 Å². The summed E-state index contributed by atoms with van der Waals surface area (Å²) in [6, 6.07) is 57.4. The third-order valence-corrected chi connectivity index (χ3v) is 13.1. The molecule has 0 atom stereocenters. The van der Waals surface area contributed by atoms with Crippen molar-refractivity contribution in [2.24, 2.45) is 0 Å². The first-order valence-electron chi connectivity index (χ1n) is 18.9. The van der Waals surface area contributed by atoms with Crippen LogP contribution in [-0.4, -0.2) is 4.57 Å². The Hall–Kier alpha value is -6.18. The second-order valence-corrected chi connectivity index (χ2v) is 16.5. The lowest BCUT2D eigenvalue weighted by Gasteiger charge is -2.25. The standard InChI is InChI=1S/C52H37N/c1-51(2)43-26-39-33-18-8-6-16-31(33)30-15-5-7-17-32(30)38(39)25-40(43)41-27-45-42(28-44(41)51)50-37-22-10-9-21-36(37)49(29-46(50)52(45,3)4)53-47-23-13-11-19-34(47)35-20-12-14-24-48(35)53/h5-29H,1-4H3. The molecule has 1 heteroatoms. The van der Waals surface area contributed by atoms with Crippen LogP contribution in [0.25, 0.3) is 92.8 Å². The fourth-order valence-corrected chi connectivity index (χ4v) is 10.6. The summed E-state index contributed by atoms with van der Waals surface area (Å²) in [5.74, 6) is 0. The van der Waals surface area contributed by atoms with Gasteiger partial charge in [0.25, 0.3) is 0 Å². The largest absolute Gasteiger partial charge is 0.309 e. The molecule has 2 aliphatic carbocycles. The monoisotopic (exact) mass is 675 g/mol. The summed E-state index contributed by atoms with van der Waals surface area (Å²) in [6.45, 7) is 9.75. The van der Waals surface area contributed by atoms with E-state index in [0.717, 1.165) is 0 Å². The van der Waals surface area contributed by atoms with E-state index in [1.807, 2.05) is 0 Å². The second-order valence-electron chi connectivity index (χ2n) is 16.5. The quantitative estimate of drug-likeness (QED) is 0.153. The van der Waals surface area contributed by atoms with E-state index in [2.05, 4.69) is 184 Å². The number of rotatable bonds is 1. The molecule has 0 amide bonds. The van der Waals surface area contributed by atoms with E-state index in [9.17, 15) is 0 Å². The summed E-state index contributed by atoms with van der Waals surface area (Å²) in [5, 5.41) is 13.2. The maximum atomic E-state index is 2.58. The number of benzene rings is 9. The highest BCUT2D eigenvalue weighted by Gasteiger charge is 2.43. The van der Waals surface area contributed by atoms with Gasteiger partial charge in [0.1, 0.15) is 0 Å². The van der Waals surface area contributed by atoms with Crippen molar-refractivity contribution in [3.63, 3.8) is 0 Å². The van der Waals surface area contributed by atoms with Crippen LogP contribution in [0.5, 0.6) is 0 Å². The van der Waals surface area contributed by atoms with Crippen molar-refractivity contribution in [2.75, 3.05) is 0 Å². The topological polar surface area (TPSA) is 4.93 Å². The van der Waals surface area contributed by atoms with Gasteiger partial charge in [-0.1, -0.05) is 137 Å². The molecule has 0 unspecified atom stereocenters. The van der Waals surface area contributed by atoms with Gasteiger partial charge in [0, 0.05) is 27.0 Å². The molecule has 12 rings (SSSR count). The molecule has 0 saturated heterocycles. The molecule has 53 heavy (non-hydrogen) atoms. The Morgan fingerprint density at radius 1 is 0.321 bits per heavy atom. The number of hydrogen-bond acceptors (Lipinski definition) is 0. The summed E-state index contributed by atoms with van der Waals surface area (Å²) in [6.07, 6.45) is 0. The highest BCUT2D eigenvalue weighted by molar-refractivity contribution is 6.26. The zero-order valence-electron chi connectivity index (χ0n) is 30.4. The van der Waals surface area contributed by atoms with Gasteiger partial charge in [-0.25, -0.2) is 0 Å². The minimum absolute atomic E-state index is 0.147. The second kappa shape index (κ2) is 9.82. The molecule has 0 N–H and O–H groups in total. The first-order valence-corrected chi connectivity index (χ1v) is 18.9. The summed E-state index contributed by atoms with van der Waals surface area (Å²) < 4.78 is 2.50. The van der Waals surface area contributed by atoms with Gasteiger partial charge >= 0.3 is 0 Å². The molecule has 0 radical (unpaired) electrons. The predicted octanol–water partition coefficient (Wildman–Crippen LogP) is 14.0. The van der Waals surface area contributed by atoms with E-state index in [0.29, 0.717) is 0 Å². The minimum atomic E-state index is -0.191. The number of aromatic nitrogens is 1. The van der Waals surface area contributed by atoms with Crippen LogP contribution in [0.4, 0.5) is 0 Å². The zero-order valence-corrected chi connectivity index (χ0v) is 30.4. The molecule has 2 aliphatic rings. The molecule has 1 aromatic heterocycles. The smallest absolute Gasteiger partial charge is 0.0544 e. The molecule has 1 heterocycles. The van der Waals surface area contributed by atoms with Crippen LogP contribution in [-0.2, 0) is 10.8 Å². The molecule has 9 aromatic carbocycles. The van der Waals surface area contributed by atoms with Gasteiger partial charge in [-0.3, -0.25) is 0 Å². The van der Waals surface area contributed by atoms with E-state index >= 15 is 0 Å². The molecule has 0 bridgehead atoms. The summed E-state index contributed by atoms with van der Waals surface area (Å²) in [5.41, 5.74) is 14.6. The summed E-state index contributed by atoms with van der Waals surface area (Å²) in [7, 11) is 0. The van der Waals surface area contributed by atoms with Crippen LogP contribution in [0.2, 0.25) is 0 Å². The molecule has 0 spiro atoms. The molecule has 250 valence electrons. The third-order valence-electron chi connectivity index (χ3n) is 13.1. The van der Waals surface area contributed by atoms with Gasteiger partial charge in [-0.05, 0) is 125 Å². The third kappa shape index (κ3) is 3.58. The van der Waals surface area contributed by atoms with Gasteiger partial charge in [-0.15, -0.1) is 0 Å². The predicted molar refractivity (Wildman–Crippen MR) is 226 cm³/mol. The van der Waals surface area contributed by atoms with Gasteiger partial charge in [-0.2, -0.15) is 0 Å². The number of hydrogen-bond donors (Lipinski definition) is 0. The van der Waals surface area contributed by atoms with Crippen molar-refractivity contribution in [1.82, 2.24) is 4.57 Å². The normalized spacial score (nSPS) is 15.1. The molecule has 0 fully saturated rings. The van der Waals surface area contributed by atoms with E-state index in [-0.39, 0.29) is 10.8 Å². The molecule has 0 aliphatic heterocycles. The summed E-state index contributed by atoms with van der Waals surface area (Å²) >= 11 is 0. The molecule has 0 saturated carbocycles. The lowest BCUT2D eigenvalue weighted by molar-refractivity contribution is 0.652. The SMILES string of the molecule is CC1(C)c2cc3c(cc2-c2cc4c5ccccc5c5ccccc5c4cc21)C(C)(C)c1cc(-n2c4ccccc4c4ccccc42)c2ccccc2c1-3. The Morgan fingerprint density at radius 3 is 1.32 bits per heavy atom. The molecule has 1 nitrogen and oxygen atoms in total. The first-order chi connectivity index (χ1) is 25.8. The maximum Gasteiger partial charge on any atom is 0.0544 e. The molecule has 10 aromatic rings. The van der Waals surface area contributed by atoms with E-state index in [1.54, 1.807) is 0 Å². The van der Waals surface area contributed by atoms with Crippen molar-refractivity contribution in [1.29, 1.82) is 0 Å². The zero-order chi connectivity index (χ0) is 35.4. The number of fused-ring (bicyclic) bond motifs is 17. The fraction of sp³-hybridized carbons (Fsp3) is 0.115. The molecular formula is C52H37N. The Kier molecular flexibility index (Phi) is 5.45. The number of para-hydroxylation sites is 2. The van der Waals surface area contributed by atoms with Gasteiger partial charge < -0.3 is 4.57 Å². The Balaban J connectivity index is 1.14. The van der Waals surface area contributed by atoms with Crippen molar-refractivity contribution >= 4 is 64.9 Å². The van der Waals surface area contributed by atoms with Crippen LogP contribution in [0.1, 0.15) is 49.9 Å². The van der Waals surface area contributed by atoms with Gasteiger partial charge in [0.15, 0.2) is 0 Å².